The predicted molar refractivity (Wildman–Crippen MR) is 66.5 cm³/mol. The largest absolute Gasteiger partial charge is 0.467 e. The van der Waals surface area contributed by atoms with Crippen LogP contribution in [-0.4, -0.2) is 37.6 Å². The Balaban J connectivity index is 4.27. The number of rotatable bonds is 7. The topological polar surface area (TPSA) is 67.4 Å². The van der Waals surface area contributed by atoms with Crippen LogP contribution >= 0.6 is 0 Å². The second kappa shape index (κ2) is 8.06. The third kappa shape index (κ3) is 6.26. The number of esters is 1. The molecule has 0 aromatic heterocycles. The molecule has 5 nitrogen and oxygen atoms in total. The average Bonchev–Trinajstić information content (AvgIpc) is 2.24. The lowest BCUT2D eigenvalue weighted by molar-refractivity contribution is -0.146. The second-order valence-corrected chi connectivity index (χ2v) is 4.48. The molecule has 0 fully saturated rings. The second-order valence-electron chi connectivity index (χ2n) is 4.48. The zero-order chi connectivity index (χ0) is 13.4. The maximum atomic E-state index is 11.7. The molecule has 2 atom stereocenters. The molecule has 1 amide bonds. The van der Waals surface area contributed by atoms with Gasteiger partial charge in [-0.2, -0.15) is 0 Å². The summed E-state index contributed by atoms with van der Waals surface area (Å²) in [7, 11) is 1.32. The van der Waals surface area contributed by atoms with Crippen LogP contribution in [0.4, 0.5) is 0 Å². The number of carbonyl (C=O) groups excluding carboxylic acids is 2. The molecule has 0 aromatic rings. The number of hydrogen-bond donors (Lipinski definition) is 2. The van der Waals surface area contributed by atoms with Gasteiger partial charge in [0, 0.05) is 12.5 Å². The molecule has 17 heavy (non-hydrogen) atoms. The summed E-state index contributed by atoms with van der Waals surface area (Å²) in [5.74, 6) is -0.521. The zero-order valence-electron chi connectivity index (χ0n) is 11.4. The van der Waals surface area contributed by atoms with E-state index in [1.165, 1.54) is 7.11 Å². The summed E-state index contributed by atoms with van der Waals surface area (Å²) >= 11 is 0. The van der Waals surface area contributed by atoms with E-state index in [-0.39, 0.29) is 17.9 Å². The fourth-order valence-corrected chi connectivity index (χ4v) is 1.56. The SMILES string of the molecule is CCNC(C)CC(=O)NC(C(=O)OC)C(C)C. The fraction of sp³-hybridized carbons (Fsp3) is 0.833. The normalized spacial score (nSPS) is 14.2. The molecular formula is C12H24N2O3. The van der Waals surface area contributed by atoms with Gasteiger partial charge in [-0.15, -0.1) is 0 Å². The van der Waals surface area contributed by atoms with Crippen molar-refractivity contribution < 1.29 is 14.3 Å². The zero-order valence-corrected chi connectivity index (χ0v) is 11.4. The predicted octanol–water partition coefficient (Wildman–Crippen LogP) is 0.688. The Morgan fingerprint density at radius 1 is 1.24 bits per heavy atom. The number of methoxy groups -OCH3 is 1. The highest BCUT2D eigenvalue weighted by Crippen LogP contribution is 2.04. The summed E-state index contributed by atoms with van der Waals surface area (Å²) in [4.78, 5) is 23.2. The van der Waals surface area contributed by atoms with Crippen molar-refractivity contribution in [3.63, 3.8) is 0 Å². The van der Waals surface area contributed by atoms with E-state index in [2.05, 4.69) is 15.4 Å². The minimum atomic E-state index is -0.568. The van der Waals surface area contributed by atoms with Crippen molar-refractivity contribution in [2.45, 2.75) is 46.2 Å². The minimum Gasteiger partial charge on any atom is -0.467 e. The molecule has 0 aromatic carbocycles. The molecular weight excluding hydrogens is 220 g/mol. The number of carbonyl (C=O) groups is 2. The molecule has 0 aliphatic rings. The molecule has 0 aliphatic heterocycles. The Labute approximate surface area is 103 Å². The van der Waals surface area contributed by atoms with Gasteiger partial charge in [-0.1, -0.05) is 20.8 Å². The molecule has 0 rings (SSSR count). The first-order valence-corrected chi connectivity index (χ1v) is 6.02. The lowest BCUT2D eigenvalue weighted by Crippen LogP contribution is -2.46. The first kappa shape index (κ1) is 15.9. The van der Waals surface area contributed by atoms with Crippen LogP contribution in [0.3, 0.4) is 0 Å². The molecule has 0 bridgehead atoms. The molecule has 0 heterocycles. The van der Waals surface area contributed by atoms with Crippen LogP contribution in [0, 0.1) is 5.92 Å². The molecule has 0 saturated carbocycles. The molecule has 2 unspecified atom stereocenters. The molecule has 0 spiro atoms. The maximum absolute atomic E-state index is 11.7. The number of hydrogen-bond acceptors (Lipinski definition) is 4. The van der Waals surface area contributed by atoms with E-state index < -0.39 is 12.0 Å². The third-order valence-electron chi connectivity index (χ3n) is 2.48. The molecule has 2 N–H and O–H groups in total. The van der Waals surface area contributed by atoms with E-state index in [1.54, 1.807) is 0 Å². The van der Waals surface area contributed by atoms with Crippen LogP contribution in [0.5, 0.6) is 0 Å². The highest BCUT2D eigenvalue weighted by molar-refractivity contribution is 5.84. The van der Waals surface area contributed by atoms with Crippen molar-refractivity contribution in [1.82, 2.24) is 10.6 Å². The Morgan fingerprint density at radius 3 is 2.24 bits per heavy atom. The van der Waals surface area contributed by atoms with Crippen molar-refractivity contribution in [2.75, 3.05) is 13.7 Å². The van der Waals surface area contributed by atoms with Crippen molar-refractivity contribution in [3.8, 4) is 0 Å². The lowest BCUT2D eigenvalue weighted by Gasteiger charge is -2.21. The van der Waals surface area contributed by atoms with Gasteiger partial charge in [0.1, 0.15) is 6.04 Å². The summed E-state index contributed by atoms with van der Waals surface area (Å²) in [5.41, 5.74) is 0. The number of nitrogens with one attached hydrogen (secondary N) is 2. The van der Waals surface area contributed by atoms with Crippen molar-refractivity contribution >= 4 is 11.9 Å². The van der Waals surface area contributed by atoms with Crippen LogP contribution < -0.4 is 10.6 Å². The Bertz CT molecular complexity index is 254. The van der Waals surface area contributed by atoms with Crippen LogP contribution in [0.15, 0.2) is 0 Å². The van der Waals surface area contributed by atoms with Gasteiger partial charge in [-0.05, 0) is 19.4 Å². The van der Waals surface area contributed by atoms with E-state index in [4.69, 9.17) is 0 Å². The van der Waals surface area contributed by atoms with Crippen LogP contribution in [0.25, 0.3) is 0 Å². The van der Waals surface area contributed by atoms with E-state index in [9.17, 15) is 9.59 Å². The lowest BCUT2D eigenvalue weighted by atomic mass is 10.0. The van der Waals surface area contributed by atoms with Crippen molar-refractivity contribution in [3.05, 3.63) is 0 Å². The summed E-state index contributed by atoms with van der Waals surface area (Å²) in [5, 5.41) is 5.85. The number of ether oxygens (including phenoxy) is 1. The Morgan fingerprint density at radius 2 is 1.82 bits per heavy atom. The van der Waals surface area contributed by atoms with Crippen LogP contribution in [-0.2, 0) is 14.3 Å². The monoisotopic (exact) mass is 244 g/mol. The van der Waals surface area contributed by atoms with E-state index in [0.717, 1.165) is 6.54 Å². The fourth-order valence-electron chi connectivity index (χ4n) is 1.56. The average molecular weight is 244 g/mol. The van der Waals surface area contributed by atoms with Gasteiger partial charge < -0.3 is 15.4 Å². The first-order chi connectivity index (χ1) is 7.92. The standard InChI is InChI=1S/C12H24N2O3/c1-6-13-9(4)7-10(15)14-11(8(2)3)12(16)17-5/h8-9,11,13H,6-7H2,1-5H3,(H,14,15). The maximum Gasteiger partial charge on any atom is 0.328 e. The summed E-state index contributed by atoms with van der Waals surface area (Å²) in [6.45, 7) is 8.48. The highest BCUT2D eigenvalue weighted by Gasteiger charge is 2.25. The molecule has 5 heteroatoms. The highest BCUT2D eigenvalue weighted by atomic mass is 16.5. The summed E-state index contributed by atoms with van der Waals surface area (Å²) in [6.07, 6.45) is 0.355. The molecule has 0 aliphatic carbocycles. The van der Waals surface area contributed by atoms with Crippen LogP contribution in [0.1, 0.15) is 34.1 Å². The van der Waals surface area contributed by atoms with E-state index in [1.807, 2.05) is 27.7 Å². The van der Waals surface area contributed by atoms with Crippen molar-refractivity contribution in [1.29, 1.82) is 0 Å². The van der Waals surface area contributed by atoms with Gasteiger partial charge in [0.2, 0.25) is 5.91 Å². The summed E-state index contributed by atoms with van der Waals surface area (Å²) < 4.78 is 4.66. The quantitative estimate of drug-likeness (QED) is 0.647. The van der Waals surface area contributed by atoms with Gasteiger partial charge in [-0.25, -0.2) is 4.79 Å². The first-order valence-electron chi connectivity index (χ1n) is 6.02. The van der Waals surface area contributed by atoms with Gasteiger partial charge in [0.05, 0.1) is 7.11 Å². The molecule has 100 valence electrons. The van der Waals surface area contributed by atoms with Crippen molar-refractivity contribution in [2.24, 2.45) is 5.92 Å². The van der Waals surface area contributed by atoms with Gasteiger partial charge in [-0.3, -0.25) is 4.79 Å². The van der Waals surface area contributed by atoms with Gasteiger partial charge >= 0.3 is 5.97 Å². The smallest absolute Gasteiger partial charge is 0.328 e. The minimum absolute atomic E-state index is 0.0147. The molecule has 0 saturated heterocycles. The van der Waals surface area contributed by atoms with Gasteiger partial charge in [0.25, 0.3) is 0 Å². The third-order valence-corrected chi connectivity index (χ3v) is 2.48. The van der Waals surface area contributed by atoms with E-state index >= 15 is 0 Å². The van der Waals surface area contributed by atoms with E-state index in [0.29, 0.717) is 6.42 Å². The summed E-state index contributed by atoms with van der Waals surface area (Å²) in [6, 6.07) is -0.466. The van der Waals surface area contributed by atoms with Gasteiger partial charge in [0.15, 0.2) is 0 Å². The molecule has 0 radical (unpaired) electrons. The number of amides is 1. The Kier molecular flexibility index (Phi) is 7.54. The Hall–Kier alpha value is -1.10. The van der Waals surface area contributed by atoms with Crippen LogP contribution in [0.2, 0.25) is 0 Å².